The molecule has 0 aromatic rings. The molecule has 1 fully saturated rings. The van der Waals surface area contributed by atoms with Crippen molar-refractivity contribution in [2.24, 2.45) is 0 Å². The first-order valence-electron chi connectivity index (χ1n) is 7.55. The zero-order valence-electron chi connectivity index (χ0n) is 12.3. The van der Waals surface area contributed by atoms with Gasteiger partial charge in [-0.3, -0.25) is 0 Å². The molecule has 1 aliphatic rings. The van der Waals surface area contributed by atoms with E-state index in [1.54, 1.807) is 0 Å². The lowest BCUT2D eigenvalue weighted by molar-refractivity contribution is -0.216. The van der Waals surface area contributed by atoms with E-state index in [9.17, 15) is 0 Å². The van der Waals surface area contributed by atoms with Crippen LogP contribution < -0.4 is 0 Å². The molecule has 17 heavy (non-hydrogen) atoms. The van der Waals surface area contributed by atoms with Crippen molar-refractivity contribution in [3.05, 3.63) is 0 Å². The molecule has 0 aromatic heterocycles. The highest BCUT2D eigenvalue weighted by Gasteiger charge is 2.21. The van der Waals surface area contributed by atoms with Gasteiger partial charge in [0.05, 0.1) is 12.7 Å². The average molecular weight is 244 g/mol. The molecule has 0 aliphatic carbocycles. The highest BCUT2D eigenvalue weighted by Crippen LogP contribution is 2.20. The number of unbranched alkanes of at least 4 members (excludes halogenated alkanes) is 2. The molecule has 2 heteroatoms. The fourth-order valence-electron chi connectivity index (χ4n) is 1.87. The van der Waals surface area contributed by atoms with Gasteiger partial charge < -0.3 is 9.47 Å². The van der Waals surface area contributed by atoms with Gasteiger partial charge in [0.2, 0.25) is 0 Å². The Balaban J connectivity index is 0.000000770. The largest absolute Gasteiger partial charge is 0.353 e. The quantitative estimate of drug-likeness (QED) is 0.618. The van der Waals surface area contributed by atoms with Gasteiger partial charge in [-0.05, 0) is 19.3 Å². The number of hydrogen-bond acceptors (Lipinski definition) is 2. The van der Waals surface area contributed by atoms with Crippen LogP contribution in [0.4, 0.5) is 0 Å². The molecule has 0 bridgehead atoms. The first-order valence-corrected chi connectivity index (χ1v) is 7.55. The normalized spacial score (nSPS) is 24.0. The fraction of sp³-hybridized carbons (Fsp3) is 1.00. The van der Waals surface area contributed by atoms with Gasteiger partial charge in [-0.2, -0.15) is 0 Å². The highest BCUT2D eigenvalue weighted by atomic mass is 16.7. The maximum absolute atomic E-state index is 5.85. The molecule has 0 N–H and O–H groups in total. The van der Waals surface area contributed by atoms with Crippen LogP contribution in [0.1, 0.15) is 79.1 Å². The average Bonchev–Trinajstić information content (AvgIpc) is 2.31. The molecule has 0 radical (unpaired) electrons. The van der Waals surface area contributed by atoms with E-state index < -0.39 is 0 Å². The van der Waals surface area contributed by atoms with Gasteiger partial charge in [0, 0.05) is 0 Å². The van der Waals surface area contributed by atoms with Crippen LogP contribution in [0.5, 0.6) is 0 Å². The summed E-state index contributed by atoms with van der Waals surface area (Å²) in [6, 6.07) is 0. The van der Waals surface area contributed by atoms with Crippen molar-refractivity contribution in [1.29, 1.82) is 0 Å². The van der Waals surface area contributed by atoms with Crippen molar-refractivity contribution in [3.63, 3.8) is 0 Å². The Morgan fingerprint density at radius 2 is 1.65 bits per heavy atom. The van der Waals surface area contributed by atoms with Gasteiger partial charge >= 0.3 is 0 Å². The fourth-order valence-corrected chi connectivity index (χ4v) is 1.87. The molecule has 2 unspecified atom stereocenters. The second kappa shape index (κ2) is 12.4. The van der Waals surface area contributed by atoms with Crippen LogP contribution in [0.15, 0.2) is 0 Å². The Labute approximate surface area is 108 Å². The second-order valence-electron chi connectivity index (χ2n) is 4.84. The minimum atomic E-state index is 0.0837. The summed E-state index contributed by atoms with van der Waals surface area (Å²) < 4.78 is 11.4. The maximum Gasteiger partial charge on any atom is 0.157 e. The van der Waals surface area contributed by atoms with Crippen LogP contribution >= 0.6 is 0 Å². The summed E-state index contributed by atoms with van der Waals surface area (Å²) in [6.45, 7) is 9.56. The summed E-state index contributed by atoms with van der Waals surface area (Å²) in [7, 11) is 0. The maximum atomic E-state index is 5.85. The number of hydrogen-bond donors (Lipinski definition) is 0. The molecule has 0 spiro atoms. The SMILES string of the molecule is CCC.CCCCCC1CCOC(CCC)O1. The van der Waals surface area contributed by atoms with Crippen molar-refractivity contribution < 1.29 is 9.47 Å². The Bertz CT molecular complexity index is 146. The lowest BCUT2D eigenvalue weighted by Gasteiger charge is -2.30. The van der Waals surface area contributed by atoms with Crippen molar-refractivity contribution in [3.8, 4) is 0 Å². The first kappa shape index (κ1) is 16.9. The molecule has 2 nitrogen and oxygen atoms in total. The summed E-state index contributed by atoms with van der Waals surface area (Å²) >= 11 is 0. The zero-order valence-corrected chi connectivity index (χ0v) is 12.3. The van der Waals surface area contributed by atoms with Crippen molar-refractivity contribution in [1.82, 2.24) is 0 Å². The predicted molar refractivity (Wildman–Crippen MR) is 74.2 cm³/mol. The van der Waals surface area contributed by atoms with E-state index in [1.165, 1.54) is 32.1 Å². The smallest absolute Gasteiger partial charge is 0.157 e. The van der Waals surface area contributed by atoms with E-state index in [4.69, 9.17) is 9.47 Å². The summed E-state index contributed by atoms with van der Waals surface area (Å²) in [5, 5.41) is 0. The highest BCUT2D eigenvalue weighted by molar-refractivity contribution is 4.64. The van der Waals surface area contributed by atoms with E-state index in [0.717, 1.165) is 25.9 Å². The third kappa shape index (κ3) is 9.61. The van der Waals surface area contributed by atoms with Gasteiger partial charge in [0.15, 0.2) is 6.29 Å². The molecule has 0 amide bonds. The van der Waals surface area contributed by atoms with Crippen LogP contribution in [0, 0.1) is 0 Å². The minimum Gasteiger partial charge on any atom is -0.353 e. The summed E-state index contributed by atoms with van der Waals surface area (Å²) in [4.78, 5) is 0. The van der Waals surface area contributed by atoms with E-state index >= 15 is 0 Å². The van der Waals surface area contributed by atoms with Gasteiger partial charge in [-0.25, -0.2) is 0 Å². The monoisotopic (exact) mass is 244 g/mol. The third-order valence-corrected chi connectivity index (χ3v) is 2.74. The van der Waals surface area contributed by atoms with Gasteiger partial charge in [-0.1, -0.05) is 59.8 Å². The number of ether oxygens (including phenoxy) is 2. The van der Waals surface area contributed by atoms with E-state index in [1.807, 2.05) is 0 Å². The van der Waals surface area contributed by atoms with Gasteiger partial charge in [-0.15, -0.1) is 0 Å². The lowest BCUT2D eigenvalue weighted by Crippen LogP contribution is -2.32. The first-order chi connectivity index (χ1) is 8.28. The van der Waals surface area contributed by atoms with Gasteiger partial charge in [0.25, 0.3) is 0 Å². The molecule has 2 atom stereocenters. The minimum absolute atomic E-state index is 0.0837. The molecular weight excluding hydrogens is 212 g/mol. The lowest BCUT2D eigenvalue weighted by atomic mass is 10.1. The van der Waals surface area contributed by atoms with Crippen molar-refractivity contribution in [2.45, 2.75) is 91.5 Å². The second-order valence-corrected chi connectivity index (χ2v) is 4.84. The number of rotatable bonds is 6. The molecule has 1 aliphatic heterocycles. The molecule has 1 saturated heterocycles. The zero-order chi connectivity index (χ0) is 12.9. The summed E-state index contributed by atoms with van der Waals surface area (Å²) in [5.41, 5.74) is 0. The van der Waals surface area contributed by atoms with E-state index in [0.29, 0.717) is 6.10 Å². The Hall–Kier alpha value is -0.0800. The Morgan fingerprint density at radius 3 is 2.24 bits per heavy atom. The van der Waals surface area contributed by atoms with Crippen LogP contribution in [-0.2, 0) is 9.47 Å². The van der Waals surface area contributed by atoms with Crippen molar-refractivity contribution >= 4 is 0 Å². The van der Waals surface area contributed by atoms with Crippen LogP contribution in [0.2, 0.25) is 0 Å². The van der Waals surface area contributed by atoms with E-state index in [2.05, 4.69) is 27.7 Å². The predicted octanol–water partition coefficient (Wildman–Crippen LogP) is 4.91. The molecule has 104 valence electrons. The summed E-state index contributed by atoms with van der Waals surface area (Å²) in [6.07, 6.45) is 10.2. The summed E-state index contributed by atoms with van der Waals surface area (Å²) in [5.74, 6) is 0. The standard InChI is InChI=1S/C12H24O2.C3H8/c1-3-5-6-8-11-9-10-13-12(14-11)7-4-2;1-3-2/h11-12H,3-10H2,1-2H3;3H2,1-2H3. The van der Waals surface area contributed by atoms with Crippen LogP contribution in [-0.4, -0.2) is 19.0 Å². The molecule has 1 heterocycles. The molecular formula is C15H32O2. The van der Waals surface area contributed by atoms with Crippen LogP contribution in [0.25, 0.3) is 0 Å². The Morgan fingerprint density at radius 1 is 0.941 bits per heavy atom. The van der Waals surface area contributed by atoms with E-state index in [-0.39, 0.29) is 6.29 Å². The van der Waals surface area contributed by atoms with Crippen molar-refractivity contribution in [2.75, 3.05) is 6.61 Å². The molecule has 1 rings (SSSR count). The Kier molecular flexibility index (Phi) is 12.3. The molecule has 0 saturated carbocycles. The topological polar surface area (TPSA) is 18.5 Å². The van der Waals surface area contributed by atoms with Gasteiger partial charge in [0.1, 0.15) is 0 Å². The third-order valence-electron chi connectivity index (χ3n) is 2.74. The molecule has 0 aromatic carbocycles. The van der Waals surface area contributed by atoms with Crippen LogP contribution in [0.3, 0.4) is 0 Å².